The van der Waals surface area contributed by atoms with Gasteiger partial charge in [-0.3, -0.25) is 9.59 Å². The average Bonchev–Trinajstić information content (AvgIpc) is 2.28. The van der Waals surface area contributed by atoms with Crippen LogP contribution in [0.1, 0.15) is 19.9 Å². The Morgan fingerprint density at radius 3 is 2.24 bits per heavy atom. The number of fused-ring (bicyclic) bond motifs is 1. The molecule has 3 nitrogen and oxygen atoms in total. The van der Waals surface area contributed by atoms with Crippen LogP contribution in [0.4, 0.5) is 0 Å². The summed E-state index contributed by atoms with van der Waals surface area (Å²) in [6, 6.07) is 10.8. The van der Waals surface area contributed by atoms with Crippen molar-refractivity contribution in [3.63, 3.8) is 0 Å². The van der Waals surface area contributed by atoms with E-state index in [9.17, 15) is 9.59 Å². The van der Waals surface area contributed by atoms with E-state index in [4.69, 9.17) is 0 Å². The molecule has 0 amide bonds. The highest BCUT2D eigenvalue weighted by molar-refractivity contribution is 6.00. The molecule has 17 heavy (non-hydrogen) atoms. The average molecular weight is 228 g/mol. The number of nitrogens with zero attached hydrogens (tertiary/aromatic N) is 1. The lowest BCUT2D eigenvalue weighted by molar-refractivity contribution is -0.670. The number of benzene rings is 1. The number of carbonyl (C=O) groups excluding carboxylic acids is 2. The predicted octanol–water partition coefficient (Wildman–Crippen LogP) is 1.85. The molecule has 0 aliphatic rings. The van der Waals surface area contributed by atoms with Gasteiger partial charge in [0.05, 0.1) is 0 Å². The number of para-hydroxylation sites is 1. The van der Waals surface area contributed by atoms with E-state index < -0.39 is 6.04 Å². The zero-order valence-electron chi connectivity index (χ0n) is 9.88. The van der Waals surface area contributed by atoms with E-state index in [2.05, 4.69) is 0 Å². The first-order chi connectivity index (χ1) is 8.11. The maximum atomic E-state index is 11.6. The number of Topliss-reactive ketones (excluding diaryl/α,β-unsaturated/α-hetero) is 2. The second-order valence-electron chi connectivity index (χ2n) is 4.10. The predicted molar refractivity (Wildman–Crippen MR) is 64.5 cm³/mol. The smallest absolute Gasteiger partial charge is 0.273 e. The molecule has 0 atom stereocenters. The molecule has 0 unspecified atom stereocenters. The SMILES string of the molecule is CC(=O)C(C(C)=O)[n+]1cccc2ccccc21. The van der Waals surface area contributed by atoms with Crippen molar-refractivity contribution in [3.8, 4) is 0 Å². The maximum absolute atomic E-state index is 11.6. The molecule has 0 N–H and O–H groups in total. The van der Waals surface area contributed by atoms with Gasteiger partial charge in [0, 0.05) is 31.4 Å². The second-order valence-corrected chi connectivity index (χ2v) is 4.10. The third-order valence-corrected chi connectivity index (χ3v) is 2.79. The van der Waals surface area contributed by atoms with Gasteiger partial charge >= 0.3 is 0 Å². The Morgan fingerprint density at radius 2 is 1.59 bits per heavy atom. The van der Waals surface area contributed by atoms with Crippen LogP contribution in [0.15, 0.2) is 42.6 Å². The summed E-state index contributed by atoms with van der Waals surface area (Å²) in [4.78, 5) is 23.2. The minimum absolute atomic E-state index is 0.140. The van der Waals surface area contributed by atoms with Crippen molar-refractivity contribution in [3.05, 3.63) is 42.6 Å². The number of carbonyl (C=O) groups is 2. The van der Waals surface area contributed by atoms with Gasteiger partial charge in [0.15, 0.2) is 6.20 Å². The number of hydrogen-bond acceptors (Lipinski definition) is 2. The van der Waals surface area contributed by atoms with E-state index in [1.807, 2.05) is 36.4 Å². The Kier molecular flexibility index (Phi) is 3.00. The summed E-state index contributed by atoms with van der Waals surface area (Å²) in [5, 5.41) is 1.02. The molecule has 0 radical (unpaired) electrons. The Labute approximate surface area is 99.7 Å². The van der Waals surface area contributed by atoms with Gasteiger partial charge in [-0.1, -0.05) is 12.1 Å². The van der Waals surface area contributed by atoms with Crippen molar-refractivity contribution >= 4 is 22.5 Å². The fourth-order valence-electron chi connectivity index (χ4n) is 2.09. The minimum atomic E-state index is -0.721. The van der Waals surface area contributed by atoms with Gasteiger partial charge in [-0.25, -0.2) is 0 Å². The van der Waals surface area contributed by atoms with Gasteiger partial charge in [0.1, 0.15) is 0 Å². The molecule has 1 heterocycles. The highest BCUT2D eigenvalue weighted by Crippen LogP contribution is 2.11. The summed E-state index contributed by atoms with van der Waals surface area (Å²) in [5.74, 6) is -0.280. The van der Waals surface area contributed by atoms with Crippen LogP contribution in [0.3, 0.4) is 0 Å². The molecule has 0 aliphatic heterocycles. The molecule has 0 spiro atoms. The molecule has 3 heteroatoms. The van der Waals surface area contributed by atoms with Crippen molar-refractivity contribution in [1.82, 2.24) is 0 Å². The van der Waals surface area contributed by atoms with Crippen LogP contribution in [-0.4, -0.2) is 11.6 Å². The molecule has 86 valence electrons. The fraction of sp³-hybridized carbons (Fsp3) is 0.214. The van der Waals surface area contributed by atoms with Gasteiger partial charge < -0.3 is 0 Å². The zero-order valence-corrected chi connectivity index (χ0v) is 9.88. The lowest BCUT2D eigenvalue weighted by Crippen LogP contribution is -2.47. The largest absolute Gasteiger partial charge is 0.292 e. The quantitative estimate of drug-likeness (QED) is 0.594. The molecule has 0 saturated heterocycles. The number of hydrogen-bond donors (Lipinski definition) is 0. The second kappa shape index (κ2) is 4.45. The molecule has 0 saturated carbocycles. The first-order valence-electron chi connectivity index (χ1n) is 5.51. The summed E-state index contributed by atoms with van der Waals surface area (Å²) < 4.78 is 1.74. The van der Waals surface area contributed by atoms with Crippen molar-refractivity contribution < 1.29 is 14.2 Å². The third kappa shape index (κ3) is 2.09. The van der Waals surface area contributed by atoms with Crippen molar-refractivity contribution in [2.24, 2.45) is 0 Å². The summed E-state index contributed by atoms with van der Waals surface area (Å²) in [6.45, 7) is 2.89. The van der Waals surface area contributed by atoms with Gasteiger partial charge in [-0.2, -0.15) is 4.57 Å². The van der Waals surface area contributed by atoms with Crippen LogP contribution >= 0.6 is 0 Å². The Balaban J connectivity index is 2.69. The molecule has 0 aliphatic carbocycles. The molecule has 2 rings (SSSR count). The van der Waals surface area contributed by atoms with Gasteiger partial charge in [-0.05, 0) is 12.1 Å². The lowest BCUT2D eigenvalue weighted by Gasteiger charge is -2.07. The van der Waals surface area contributed by atoms with Crippen molar-refractivity contribution in [1.29, 1.82) is 0 Å². The summed E-state index contributed by atoms with van der Waals surface area (Å²) >= 11 is 0. The molecule has 1 aromatic heterocycles. The number of pyridine rings is 1. The number of rotatable bonds is 3. The molecular formula is C14H14NO2+. The molecular weight excluding hydrogens is 214 g/mol. The molecule has 0 fully saturated rings. The topological polar surface area (TPSA) is 38.0 Å². The Bertz CT molecular complexity index is 570. The summed E-state index contributed by atoms with van der Waals surface area (Å²) in [5.41, 5.74) is 0.894. The van der Waals surface area contributed by atoms with Gasteiger partial charge in [-0.15, -0.1) is 0 Å². The maximum Gasteiger partial charge on any atom is 0.273 e. The molecule has 1 aromatic carbocycles. The highest BCUT2D eigenvalue weighted by Gasteiger charge is 2.30. The van der Waals surface area contributed by atoms with E-state index in [1.165, 1.54) is 13.8 Å². The van der Waals surface area contributed by atoms with E-state index in [0.717, 1.165) is 10.9 Å². The van der Waals surface area contributed by atoms with Crippen molar-refractivity contribution in [2.75, 3.05) is 0 Å². The van der Waals surface area contributed by atoms with Crippen LogP contribution in [-0.2, 0) is 9.59 Å². The first kappa shape index (κ1) is 11.5. The van der Waals surface area contributed by atoms with E-state index >= 15 is 0 Å². The van der Waals surface area contributed by atoms with Crippen LogP contribution < -0.4 is 4.57 Å². The Hall–Kier alpha value is -2.03. The van der Waals surface area contributed by atoms with Gasteiger partial charge in [0.25, 0.3) is 6.04 Å². The summed E-state index contributed by atoms with van der Waals surface area (Å²) in [6.07, 6.45) is 1.77. The van der Waals surface area contributed by atoms with E-state index in [0.29, 0.717) is 0 Å². The van der Waals surface area contributed by atoms with Crippen LogP contribution in [0, 0.1) is 0 Å². The fourth-order valence-corrected chi connectivity index (χ4v) is 2.09. The normalized spacial score (nSPS) is 10.8. The summed E-state index contributed by atoms with van der Waals surface area (Å²) in [7, 11) is 0. The Morgan fingerprint density at radius 1 is 1.00 bits per heavy atom. The molecule has 0 bridgehead atoms. The zero-order chi connectivity index (χ0) is 12.4. The third-order valence-electron chi connectivity index (χ3n) is 2.79. The molecule has 2 aromatic rings. The van der Waals surface area contributed by atoms with Crippen molar-refractivity contribution in [2.45, 2.75) is 19.9 Å². The van der Waals surface area contributed by atoms with Gasteiger partial charge in [0.2, 0.25) is 17.1 Å². The van der Waals surface area contributed by atoms with Crippen LogP contribution in [0.25, 0.3) is 10.9 Å². The van der Waals surface area contributed by atoms with Crippen LogP contribution in [0.5, 0.6) is 0 Å². The highest BCUT2D eigenvalue weighted by atomic mass is 16.2. The standard InChI is InChI=1S/C14H14NO2/c1-10(16)14(11(2)17)15-9-5-7-12-6-3-4-8-13(12)15/h3-9,14H,1-2H3/q+1. The number of aromatic nitrogens is 1. The number of ketones is 2. The monoisotopic (exact) mass is 228 g/mol. The lowest BCUT2D eigenvalue weighted by atomic mass is 10.1. The van der Waals surface area contributed by atoms with E-state index in [1.54, 1.807) is 10.8 Å². The van der Waals surface area contributed by atoms with E-state index in [-0.39, 0.29) is 11.6 Å². The van der Waals surface area contributed by atoms with Crippen LogP contribution in [0.2, 0.25) is 0 Å². The minimum Gasteiger partial charge on any atom is -0.292 e. The first-order valence-corrected chi connectivity index (χ1v) is 5.51.